The predicted octanol–water partition coefficient (Wildman–Crippen LogP) is 8.36. The van der Waals surface area contributed by atoms with Crippen LogP contribution in [-0.4, -0.2) is 48.7 Å². The van der Waals surface area contributed by atoms with Crippen molar-refractivity contribution in [2.75, 3.05) is 19.0 Å². The Hall–Kier alpha value is -4.97. The van der Waals surface area contributed by atoms with Crippen molar-refractivity contribution < 1.29 is 9.53 Å². The van der Waals surface area contributed by atoms with Crippen molar-refractivity contribution in [1.29, 1.82) is 0 Å². The maximum absolute atomic E-state index is 12.4. The minimum absolute atomic E-state index is 0.0232. The molecule has 0 fully saturated rings. The number of imidazole rings is 1. The Bertz CT molecular complexity index is 2070. The van der Waals surface area contributed by atoms with Crippen molar-refractivity contribution in [2.45, 2.75) is 31.7 Å². The van der Waals surface area contributed by atoms with Gasteiger partial charge in [0.25, 0.3) is 0 Å². The molecule has 0 saturated heterocycles. The molecule has 6 nitrogen and oxygen atoms in total. The summed E-state index contributed by atoms with van der Waals surface area (Å²) in [6.07, 6.45) is 2.97. The van der Waals surface area contributed by atoms with Gasteiger partial charge in [0.2, 0.25) is 0 Å². The molecular weight excluding hydrogens is 647 g/mol. The second kappa shape index (κ2) is 14.2. The molecule has 0 bridgehead atoms. The Labute approximate surface area is 280 Å². The fraction of sp³-hybridized carbons (Fsp3) is 0.175. The Morgan fingerprint density at radius 2 is 1.51 bits per heavy atom. The molecule has 1 N–H and O–H groups in total. The monoisotopic (exact) mass is 684 g/mol. The van der Waals surface area contributed by atoms with Crippen LogP contribution in [-0.2, 0) is 17.7 Å². The van der Waals surface area contributed by atoms with Gasteiger partial charge in [0, 0.05) is 0 Å². The summed E-state index contributed by atoms with van der Waals surface area (Å²) in [5, 5.41) is 3.62. The van der Waals surface area contributed by atoms with Crippen molar-refractivity contribution in [1.82, 2.24) is 14.5 Å². The van der Waals surface area contributed by atoms with Crippen LogP contribution in [0.2, 0.25) is 0 Å². The summed E-state index contributed by atoms with van der Waals surface area (Å²) in [5.74, 6) is 0.760. The normalized spacial score (nSPS) is 11.4. The summed E-state index contributed by atoms with van der Waals surface area (Å²) in [5.41, 5.74) is 8.31. The molecule has 7 rings (SSSR count). The second-order valence-electron chi connectivity index (χ2n) is 11.6. The molecule has 2 aromatic heterocycles. The number of nitrogens with zero attached hydrogens (tertiary/aromatic N) is 3. The van der Waals surface area contributed by atoms with Gasteiger partial charge >= 0.3 is 282 Å². The van der Waals surface area contributed by atoms with Crippen molar-refractivity contribution in [3.8, 4) is 11.4 Å². The summed E-state index contributed by atoms with van der Waals surface area (Å²) in [6, 6.07) is 44.1. The van der Waals surface area contributed by atoms with Crippen LogP contribution in [0.3, 0.4) is 0 Å². The zero-order valence-electron chi connectivity index (χ0n) is 26.3. The number of aryl methyl sites for hydroxylation is 2. The number of rotatable bonds is 12. The Morgan fingerprint density at radius 1 is 0.809 bits per heavy atom. The summed E-state index contributed by atoms with van der Waals surface area (Å²) < 4.78 is 9.64. The molecule has 0 aliphatic carbocycles. The Balaban J connectivity index is 1.23. The van der Waals surface area contributed by atoms with Gasteiger partial charge in [-0.3, -0.25) is 0 Å². The van der Waals surface area contributed by atoms with Gasteiger partial charge < -0.3 is 0 Å². The maximum atomic E-state index is 12.4. The number of methoxy groups -OCH3 is 1. The number of ether oxygens (including phenoxy) is 1. The SMILES string of the molecule is COC(=O)c1ccc2c(c1)nc(-c1cccc3nc(NCCCc4ccccc4)[se]c13)n2CCC(c1ccccc1)c1ccccc1. The molecule has 0 spiro atoms. The van der Waals surface area contributed by atoms with Gasteiger partial charge in [0.1, 0.15) is 0 Å². The number of nitrogens with one attached hydrogen (secondary N) is 1. The first kappa shape index (κ1) is 30.7. The van der Waals surface area contributed by atoms with Crippen LogP contribution in [0.15, 0.2) is 127 Å². The molecule has 0 aliphatic heterocycles. The molecular formula is C40H36N4O2Se. The number of carbonyl (C=O) groups excluding carboxylic acids is 1. The van der Waals surface area contributed by atoms with E-state index in [1.807, 2.05) is 18.2 Å². The van der Waals surface area contributed by atoms with Crippen LogP contribution in [0.1, 0.15) is 45.8 Å². The zero-order chi connectivity index (χ0) is 32.0. The van der Waals surface area contributed by atoms with Gasteiger partial charge in [0.05, 0.1) is 0 Å². The third-order valence-corrected chi connectivity index (χ3v) is 10.9. The van der Waals surface area contributed by atoms with Crippen molar-refractivity contribution in [3.63, 3.8) is 0 Å². The van der Waals surface area contributed by atoms with E-state index in [2.05, 4.69) is 119 Å². The molecule has 234 valence electrons. The molecule has 5 aromatic carbocycles. The van der Waals surface area contributed by atoms with Crippen LogP contribution >= 0.6 is 0 Å². The average molecular weight is 684 g/mol. The number of benzene rings is 5. The third-order valence-electron chi connectivity index (χ3n) is 8.63. The van der Waals surface area contributed by atoms with E-state index in [0.717, 1.165) is 65.0 Å². The summed E-state index contributed by atoms with van der Waals surface area (Å²) in [6.45, 7) is 1.63. The number of esters is 1. The van der Waals surface area contributed by atoms with Crippen LogP contribution in [0.4, 0.5) is 4.69 Å². The summed E-state index contributed by atoms with van der Waals surface area (Å²) in [7, 11) is 1.41. The molecule has 0 aliphatic rings. The van der Waals surface area contributed by atoms with Crippen LogP contribution < -0.4 is 5.32 Å². The van der Waals surface area contributed by atoms with Crippen LogP contribution in [0, 0.1) is 0 Å². The van der Waals surface area contributed by atoms with Crippen LogP contribution in [0.5, 0.6) is 0 Å². The van der Waals surface area contributed by atoms with E-state index in [1.54, 1.807) is 0 Å². The number of hydrogen-bond acceptors (Lipinski definition) is 5. The standard InChI is InChI=1S/C40H36N4O2Se/c1-46-39(45)31-22-23-36-35(27-31)42-38(44(36)26-24-32(29-16-7-3-8-17-29)30-18-9-4-10-19-30)33-20-11-21-34-37(33)47-40(43-34)41-25-12-15-28-13-5-2-6-14-28/h2-11,13-14,16-23,27,32H,12,15,24-26H2,1H3,(H,41,43). The zero-order valence-corrected chi connectivity index (χ0v) is 28.0. The van der Waals surface area contributed by atoms with E-state index in [9.17, 15) is 4.79 Å². The van der Waals surface area contributed by atoms with Gasteiger partial charge in [-0.05, 0) is 0 Å². The van der Waals surface area contributed by atoms with Gasteiger partial charge in [-0.1, -0.05) is 0 Å². The Kier molecular flexibility index (Phi) is 9.27. The first-order chi connectivity index (χ1) is 23.2. The van der Waals surface area contributed by atoms with Gasteiger partial charge in [-0.15, -0.1) is 0 Å². The number of fused-ring (bicyclic) bond motifs is 2. The molecule has 0 unspecified atom stereocenters. The molecule has 7 heteroatoms. The van der Waals surface area contributed by atoms with E-state index in [4.69, 9.17) is 14.7 Å². The number of hydrogen-bond donors (Lipinski definition) is 1. The predicted molar refractivity (Wildman–Crippen MR) is 191 cm³/mol. The van der Waals surface area contributed by atoms with Gasteiger partial charge in [-0.25, -0.2) is 0 Å². The molecule has 2 heterocycles. The molecule has 0 saturated carbocycles. The van der Waals surface area contributed by atoms with Crippen molar-refractivity contribution >= 4 is 46.0 Å². The fourth-order valence-electron chi connectivity index (χ4n) is 6.29. The number of carbonyl (C=O) groups is 1. The first-order valence-corrected chi connectivity index (χ1v) is 17.8. The van der Waals surface area contributed by atoms with E-state index < -0.39 is 0 Å². The second-order valence-corrected chi connectivity index (χ2v) is 13.7. The minimum atomic E-state index is -0.364. The quantitative estimate of drug-likeness (QED) is 0.0797. The first-order valence-electron chi connectivity index (χ1n) is 16.0. The van der Waals surface area contributed by atoms with E-state index in [1.165, 1.54) is 28.1 Å². The Morgan fingerprint density at radius 3 is 2.21 bits per heavy atom. The van der Waals surface area contributed by atoms with Gasteiger partial charge in [0.15, 0.2) is 0 Å². The van der Waals surface area contributed by atoms with Crippen molar-refractivity contribution in [2.24, 2.45) is 0 Å². The molecule has 0 radical (unpaired) electrons. The molecule has 0 atom stereocenters. The molecule has 0 amide bonds. The fourth-order valence-corrected chi connectivity index (χ4v) is 8.39. The third kappa shape index (κ3) is 6.78. The number of anilines is 1. The summed E-state index contributed by atoms with van der Waals surface area (Å²) >= 11 is 0.0232. The topological polar surface area (TPSA) is 69.0 Å². The van der Waals surface area contributed by atoms with Gasteiger partial charge in [-0.2, -0.15) is 0 Å². The van der Waals surface area contributed by atoms with Crippen LogP contribution in [0.25, 0.3) is 32.2 Å². The number of aromatic nitrogens is 3. The van der Waals surface area contributed by atoms with E-state index >= 15 is 0 Å². The van der Waals surface area contributed by atoms with E-state index in [-0.39, 0.29) is 26.4 Å². The molecule has 7 aromatic rings. The average Bonchev–Trinajstić information content (AvgIpc) is 3.72. The molecule has 47 heavy (non-hydrogen) atoms. The van der Waals surface area contributed by atoms with Crippen molar-refractivity contribution in [3.05, 3.63) is 150 Å². The van der Waals surface area contributed by atoms with E-state index in [0.29, 0.717) is 5.56 Å². The summed E-state index contributed by atoms with van der Waals surface area (Å²) in [4.78, 5) is 22.6.